The molecule has 0 bridgehead atoms. The molecule has 144 valence electrons. The van der Waals surface area contributed by atoms with Crippen LogP contribution in [0.15, 0.2) is 12.1 Å². The highest BCUT2D eigenvalue weighted by molar-refractivity contribution is 5.88. The maximum absolute atomic E-state index is 13.6. The maximum atomic E-state index is 13.6. The van der Waals surface area contributed by atoms with E-state index >= 15 is 0 Å². The van der Waals surface area contributed by atoms with Gasteiger partial charge in [0.15, 0.2) is 0 Å². The summed E-state index contributed by atoms with van der Waals surface area (Å²) in [7, 11) is 0. The lowest BCUT2D eigenvalue weighted by molar-refractivity contribution is -0.165. The van der Waals surface area contributed by atoms with Crippen LogP contribution in [0.3, 0.4) is 0 Å². The van der Waals surface area contributed by atoms with E-state index in [1.807, 2.05) is 32.9 Å². The predicted octanol–water partition coefficient (Wildman–Crippen LogP) is 4.87. The fourth-order valence-electron chi connectivity index (χ4n) is 3.96. The molecule has 1 fully saturated rings. The minimum absolute atomic E-state index is 0.00354. The number of aryl methyl sites for hydroxylation is 3. The predicted molar refractivity (Wildman–Crippen MR) is 96.5 cm³/mol. The molecular formula is C21H28F2O3. The van der Waals surface area contributed by atoms with Crippen molar-refractivity contribution in [3.8, 4) is 0 Å². The van der Waals surface area contributed by atoms with Gasteiger partial charge in [-0.25, -0.2) is 8.78 Å². The first-order valence-electron chi connectivity index (χ1n) is 9.22. The zero-order valence-corrected chi connectivity index (χ0v) is 16.1. The van der Waals surface area contributed by atoms with E-state index in [1.54, 1.807) is 6.92 Å². The van der Waals surface area contributed by atoms with Crippen molar-refractivity contribution in [2.45, 2.75) is 72.1 Å². The molecule has 1 aliphatic rings. The van der Waals surface area contributed by atoms with Crippen molar-refractivity contribution in [1.29, 1.82) is 0 Å². The van der Waals surface area contributed by atoms with Crippen LogP contribution in [-0.4, -0.2) is 24.3 Å². The van der Waals surface area contributed by atoms with Gasteiger partial charge in [0.25, 0.3) is 0 Å². The summed E-state index contributed by atoms with van der Waals surface area (Å²) in [6.07, 6.45) is -0.569. The van der Waals surface area contributed by atoms with Crippen molar-refractivity contribution in [2.75, 3.05) is 6.61 Å². The van der Waals surface area contributed by atoms with Gasteiger partial charge in [-0.05, 0) is 57.2 Å². The minimum atomic E-state index is -2.76. The van der Waals surface area contributed by atoms with E-state index in [9.17, 15) is 18.4 Å². The molecule has 0 radical (unpaired) electrons. The van der Waals surface area contributed by atoms with Crippen LogP contribution in [0.2, 0.25) is 0 Å². The van der Waals surface area contributed by atoms with E-state index in [2.05, 4.69) is 0 Å². The number of alkyl halides is 2. The van der Waals surface area contributed by atoms with Crippen LogP contribution in [0, 0.1) is 26.2 Å². The number of rotatable bonds is 6. The van der Waals surface area contributed by atoms with E-state index in [0.29, 0.717) is 0 Å². The Morgan fingerprint density at radius 1 is 1.04 bits per heavy atom. The van der Waals surface area contributed by atoms with Gasteiger partial charge in [0, 0.05) is 25.7 Å². The number of hydrogen-bond donors (Lipinski definition) is 0. The Bertz CT molecular complexity index is 661. The molecule has 26 heavy (non-hydrogen) atoms. The zero-order valence-electron chi connectivity index (χ0n) is 16.1. The molecule has 5 heteroatoms. The third kappa shape index (κ3) is 4.68. The Hall–Kier alpha value is -1.78. The summed E-state index contributed by atoms with van der Waals surface area (Å²) < 4.78 is 32.3. The van der Waals surface area contributed by atoms with Gasteiger partial charge in [-0.1, -0.05) is 17.7 Å². The van der Waals surface area contributed by atoms with Crippen molar-refractivity contribution < 1.29 is 23.1 Å². The largest absolute Gasteiger partial charge is 0.466 e. The lowest BCUT2D eigenvalue weighted by atomic mass is 9.69. The van der Waals surface area contributed by atoms with Gasteiger partial charge >= 0.3 is 5.97 Å². The Morgan fingerprint density at radius 3 is 2.08 bits per heavy atom. The quantitative estimate of drug-likeness (QED) is 0.675. The van der Waals surface area contributed by atoms with Crippen LogP contribution in [0.1, 0.15) is 61.3 Å². The molecule has 1 aromatic carbocycles. The summed E-state index contributed by atoms with van der Waals surface area (Å²) in [5, 5.41) is 0. The number of esters is 1. The standard InChI is InChI=1S/C21H28F2O3/c1-5-26-19(25)20(6-8-21(22,23)9-7-20)13-17(24)12-18-15(3)10-14(2)11-16(18)4/h10-11H,5-9,12-13H2,1-4H3. The fourth-order valence-corrected chi connectivity index (χ4v) is 3.96. The second-order valence-electron chi connectivity index (χ2n) is 7.63. The molecule has 0 saturated heterocycles. The number of ketones is 1. The van der Waals surface area contributed by atoms with Crippen LogP contribution < -0.4 is 0 Å². The van der Waals surface area contributed by atoms with Gasteiger partial charge in [-0.3, -0.25) is 9.59 Å². The maximum Gasteiger partial charge on any atom is 0.312 e. The molecule has 0 aromatic heterocycles. The van der Waals surface area contributed by atoms with E-state index in [4.69, 9.17) is 4.74 Å². The van der Waals surface area contributed by atoms with Crippen molar-refractivity contribution in [1.82, 2.24) is 0 Å². The van der Waals surface area contributed by atoms with E-state index in [0.717, 1.165) is 22.3 Å². The van der Waals surface area contributed by atoms with E-state index < -0.39 is 17.3 Å². The van der Waals surface area contributed by atoms with Gasteiger partial charge in [0.2, 0.25) is 5.92 Å². The second-order valence-corrected chi connectivity index (χ2v) is 7.63. The zero-order chi connectivity index (χ0) is 19.5. The van der Waals surface area contributed by atoms with Gasteiger partial charge < -0.3 is 4.74 Å². The average Bonchev–Trinajstić information content (AvgIpc) is 2.53. The Morgan fingerprint density at radius 2 is 1.58 bits per heavy atom. The second kappa shape index (κ2) is 7.85. The summed E-state index contributed by atoms with van der Waals surface area (Å²) in [5.41, 5.74) is 3.06. The highest BCUT2D eigenvalue weighted by Gasteiger charge is 2.49. The van der Waals surface area contributed by atoms with Crippen molar-refractivity contribution in [2.24, 2.45) is 5.41 Å². The third-order valence-corrected chi connectivity index (χ3v) is 5.40. The molecule has 0 heterocycles. The average molecular weight is 366 g/mol. The summed E-state index contributed by atoms with van der Waals surface area (Å²) in [6.45, 7) is 7.80. The Balaban J connectivity index is 2.18. The molecule has 0 aliphatic heterocycles. The van der Waals surface area contributed by atoms with Gasteiger partial charge in [-0.2, -0.15) is 0 Å². The minimum Gasteiger partial charge on any atom is -0.466 e. The van der Waals surface area contributed by atoms with Crippen molar-refractivity contribution >= 4 is 11.8 Å². The van der Waals surface area contributed by atoms with Crippen LogP contribution in [0.5, 0.6) is 0 Å². The van der Waals surface area contributed by atoms with Crippen LogP contribution in [0.25, 0.3) is 0 Å². The summed E-state index contributed by atoms with van der Waals surface area (Å²) in [5.74, 6) is -3.37. The fraction of sp³-hybridized carbons (Fsp3) is 0.619. The van der Waals surface area contributed by atoms with Gasteiger partial charge in [0.05, 0.1) is 12.0 Å². The number of carbonyl (C=O) groups excluding carboxylic acids is 2. The Labute approximate surface area is 154 Å². The number of benzene rings is 1. The number of Topliss-reactive ketones (excluding diaryl/α,β-unsaturated/α-hetero) is 1. The highest BCUT2D eigenvalue weighted by Crippen LogP contribution is 2.46. The normalized spacial score (nSPS) is 18.4. The van der Waals surface area contributed by atoms with Crippen molar-refractivity contribution in [3.63, 3.8) is 0 Å². The smallest absolute Gasteiger partial charge is 0.312 e. The monoisotopic (exact) mass is 366 g/mol. The van der Waals surface area contributed by atoms with Gasteiger partial charge in [0.1, 0.15) is 5.78 Å². The molecule has 0 unspecified atom stereocenters. The molecule has 0 spiro atoms. The molecule has 1 saturated carbocycles. The van der Waals surface area contributed by atoms with Crippen molar-refractivity contribution in [3.05, 3.63) is 34.4 Å². The molecule has 2 rings (SSSR count). The molecule has 1 aliphatic carbocycles. The van der Waals surface area contributed by atoms with E-state index in [-0.39, 0.29) is 50.9 Å². The SMILES string of the molecule is CCOC(=O)C1(CC(=O)Cc2c(C)cc(C)cc2C)CCC(F)(F)CC1. The highest BCUT2D eigenvalue weighted by atomic mass is 19.3. The number of carbonyl (C=O) groups is 2. The summed E-state index contributed by atoms with van der Waals surface area (Å²) in [4.78, 5) is 25.2. The van der Waals surface area contributed by atoms with Gasteiger partial charge in [-0.15, -0.1) is 0 Å². The van der Waals surface area contributed by atoms with E-state index in [1.165, 1.54) is 0 Å². The summed E-state index contributed by atoms with van der Waals surface area (Å²) >= 11 is 0. The number of ether oxygens (including phenoxy) is 1. The van der Waals surface area contributed by atoms with Crippen LogP contribution in [0.4, 0.5) is 8.78 Å². The first-order valence-corrected chi connectivity index (χ1v) is 9.22. The topological polar surface area (TPSA) is 43.4 Å². The molecule has 0 N–H and O–H groups in total. The molecule has 0 amide bonds. The van der Waals surface area contributed by atoms with Crippen LogP contribution >= 0.6 is 0 Å². The summed E-state index contributed by atoms with van der Waals surface area (Å²) in [6, 6.07) is 4.05. The molecule has 0 atom stereocenters. The first-order chi connectivity index (χ1) is 12.1. The van der Waals surface area contributed by atoms with Crippen LogP contribution in [-0.2, 0) is 20.7 Å². The molecular weight excluding hydrogens is 338 g/mol. The lowest BCUT2D eigenvalue weighted by Crippen LogP contribution is -2.42. The molecule has 1 aromatic rings. The Kier molecular flexibility index (Phi) is 6.20. The first kappa shape index (κ1) is 20.5. The lowest BCUT2D eigenvalue weighted by Gasteiger charge is -2.37. The molecule has 3 nitrogen and oxygen atoms in total. The number of halogens is 2. The third-order valence-electron chi connectivity index (χ3n) is 5.40. The number of hydrogen-bond acceptors (Lipinski definition) is 3.